The van der Waals surface area contributed by atoms with Gasteiger partial charge in [0.2, 0.25) is 0 Å². The Balaban J connectivity index is 1.11. The van der Waals surface area contributed by atoms with Crippen molar-refractivity contribution >= 4 is 5.78 Å². The Kier molecular flexibility index (Phi) is 7.38. The molecule has 4 N–H and O–H groups in total. The Labute approximate surface area is 208 Å². The number of aliphatic hydroxyl groups excluding tert-OH is 4. The van der Waals surface area contributed by atoms with Gasteiger partial charge in [-0.15, -0.1) is 0 Å². The zero-order valence-corrected chi connectivity index (χ0v) is 21.2. The molecule has 4 saturated carbocycles. The molecule has 1 saturated heterocycles. The fourth-order valence-electron chi connectivity index (χ4n) is 8.73. The Bertz CT molecular complexity index is 774. The van der Waals surface area contributed by atoms with E-state index in [4.69, 9.17) is 14.2 Å². The zero-order chi connectivity index (χ0) is 25.0. The van der Waals surface area contributed by atoms with Gasteiger partial charge < -0.3 is 34.6 Å². The van der Waals surface area contributed by atoms with Gasteiger partial charge in [0, 0.05) is 11.8 Å². The van der Waals surface area contributed by atoms with Gasteiger partial charge in [0.25, 0.3) is 0 Å². The number of fused-ring (bicyclic) bond motifs is 5. The van der Waals surface area contributed by atoms with Crippen LogP contribution in [0.15, 0.2) is 0 Å². The van der Waals surface area contributed by atoms with Gasteiger partial charge in [0.1, 0.15) is 30.2 Å². The summed E-state index contributed by atoms with van der Waals surface area (Å²) in [6, 6.07) is 0. The van der Waals surface area contributed by atoms with E-state index in [1.165, 1.54) is 19.3 Å². The maximum Gasteiger partial charge on any atom is 0.186 e. The molecule has 12 atom stereocenters. The first kappa shape index (κ1) is 26.0. The molecule has 4 aliphatic carbocycles. The second-order valence-electron chi connectivity index (χ2n) is 12.4. The summed E-state index contributed by atoms with van der Waals surface area (Å²) in [6.07, 6.45) is 3.74. The molecule has 0 bridgehead atoms. The van der Waals surface area contributed by atoms with E-state index in [9.17, 15) is 25.2 Å². The first-order valence-electron chi connectivity index (χ1n) is 13.8. The van der Waals surface area contributed by atoms with Gasteiger partial charge in [-0.2, -0.15) is 0 Å². The smallest absolute Gasteiger partial charge is 0.186 e. The van der Waals surface area contributed by atoms with Crippen LogP contribution in [-0.4, -0.2) is 82.8 Å². The van der Waals surface area contributed by atoms with E-state index in [1.807, 2.05) is 0 Å². The van der Waals surface area contributed by atoms with Crippen LogP contribution in [0.1, 0.15) is 71.6 Å². The summed E-state index contributed by atoms with van der Waals surface area (Å²) in [4.78, 5) is 12.6. The van der Waals surface area contributed by atoms with Gasteiger partial charge in [-0.3, -0.25) is 4.79 Å². The fourth-order valence-corrected chi connectivity index (χ4v) is 8.73. The van der Waals surface area contributed by atoms with E-state index in [0.717, 1.165) is 44.4 Å². The summed E-state index contributed by atoms with van der Waals surface area (Å²) in [5.41, 5.74) is 0.272. The molecule has 200 valence electrons. The summed E-state index contributed by atoms with van der Waals surface area (Å²) < 4.78 is 17.1. The van der Waals surface area contributed by atoms with Crippen LogP contribution >= 0.6 is 0 Å². The summed E-state index contributed by atoms with van der Waals surface area (Å²) >= 11 is 0. The van der Waals surface area contributed by atoms with Gasteiger partial charge in [-0.25, -0.2) is 0 Å². The summed E-state index contributed by atoms with van der Waals surface area (Å²) in [6.45, 7) is 4.83. The van der Waals surface area contributed by atoms with E-state index in [2.05, 4.69) is 13.8 Å². The molecule has 5 aliphatic rings. The lowest BCUT2D eigenvalue weighted by Gasteiger charge is -2.60. The van der Waals surface area contributed by atoms with E-state index in [1.54, 1.807) is 0 Å². The Hall–Kier alpha value is -0.610. The normalized spacial score (nSPS) is 52.0. The molecule has 0 amide bonds. The summed E-state index contributed by atoms with van der Waals surface area (Å²) in [7, 11) is 0. The third-order valence-electron chi connectivity index (χ3n) is 10.9. The first-order valence-corrected chi connectivity index (χ1v) is 13.8. The summed E-state index contributed by atoms with van der Waals surface area (Å²) in [5.74, 6) is 3.17. The molecule has 1 aliphatic heterocycles. The molecule has 0 aromatic carbocycles. The number of ketones is 1. The molecule has 8 nitrogen and oxygen atoms in total. The first-order chi connectivity index (χ1) is 16.7. The highest BCUT2D eigenvalue weighted by Gasteiger charge is 2.60. The van der Waals surface area contributed by atoms with Crippen molar-refractivity contribution in [2.45, 2.75) is 108 Å². The monoisotopic (exact) mass is 496 g/mol. The Morgan fingerprint density at radius 3 is 2.46 bits per heavy atom. The van der Waals surface area contributed by atoms with Gasteiger partial charge >= 0.3 is 0 Å². The molecule has 0 unspecified atom stereocenters. The van der Waals surface area contributed by atoms with Crippen LogP contribution in [0.4, 0.5) is 0 Å². The molecule has 0 radical (unpaired) electrons. The van der Waals surface area contributed by atoms with Crippen molar-refractivity contribution in [2.75, 3.05) is 19.8 Å². The van der Waals surface area contributed by atoms with E-state index < -0.39 is 37.3 Å². The molecule has 35 heavy (non-hydrogen) atoms. The highest BCUT2D eigenvalue weighted by atomic mass is 16.7. The maximum atomic E-state index is 12.6. The van der Waals surface area contributed by atoms with Crippen LogP contribution in [0.5, 0.6) is 0 Å². The van der Waals surface area contributed by atoms with Crippen molar-refractivity contribution in [2.24, 2.45) is 34.5 Å². The van der Waals surface area contributed by atoms with E-state index in [0.29, 0.717) is 35.6 Å². The molecule has 0 aromatic rings. The van der Waals surface area contributed by atoms with Crippen molar-refractivity contribution in [1.29, 1.82) is 0 Å². The van der Waals surface area contributed by atoms with Gasteiger partial charge in [0.05, 0.1) is 25.9 Å². The average molecular weight is 497 g/mol. The number of hydrogen-bond acceptors (Lipinski definition) is 8. The SMILES string of the molecule is C[C@]12CC[C@H](OCCO[C@@H]3O[C@H](CO)[C@@H](O)[C@H](O)[C@H]3O)C[C@@H]1CC[C@@H]1[C@@H]2CC[C@]2(C)C(=O)CC[C@@H]12. The lowest BCUT2D eigenvalue weighted by molar-refractivity contribution is -0.303. The molecule has 5 rings (SSSR count). The highest BCUT2D eigenvalue weighted by molar-refractivity contribution is 5.87. The molecule has 0 spiro atoms. The number of carbonyl (C=O) groups is 1. The van der Waals surface area contributed by atoms with Crippen LogP contribution in [0.3, 0.4) is 0 Å². The minimum atomic E-state index is -1.43. The minimum Gasteiger partial charge on any atom is -0.394 e. The Morgan fingerprint density at radius 2 is 1.69 bits per heavy atom. The van der Waals surface area contributed by atoms with Crippen molar-refractivity contribution in [3.8, 4) is 0 Å². The number of Topliss-reactive ketones (excluding diaryl/α,β-unsaturated/α-hetero) is 1. The quantitative estimate of drug-likeness (QED) is 0.410. The maximum absolute atomic E-state index is 12.6. The van der Waals surface area contributed by atoms with Crippen LogP contribution in [0, 0.1) is 34.5 Å². The third-order valence-corrected chi connectivity index (χ3v) is 10.9. The Morgan fingerprint density at radius 1 is 0.914 bits per heavy atom. The third kappa shape index (κ3) is 4.41. The number of hydrogen-bond donors (Lipinski definition) is 4. The molecule has 0 aromatic heterocycles. The van der Waals surface area contributed by atoms with Crippen LogP contribution in [-0.2, 0) is 19.0 Å². The van der Waals surface area contributed by atoms with Crippen molar-refractivity contribution in [1.82, 2.24) is 0 Å². The molecular weight excluding hydrogens is 452 g/mol. The second-order valence-corrected chi connectivity index (χ2v) is 12.4. The number of ether oxygens (including phenoxy) is 3. The van der Waals surface area contributed by atoms with E-state index >= 15 is 0 Å². The molecular formula is C27H44O8. The molecule has 8 heteroatoms. The largest absolute Gasteiger partial charge is 0.394 e. The highest BCUT2D eigenvalue weighted by Crippen LogP contribution is 2.65. The predicted octanol–water partition coefficient (Wildman–Crippen LogP) is 1.80. The lowest BCUT2D eigenvalue weighted by atomic mass is 9.45. The zero-order valence-electron chi connectivity index (χ0n) is 21.2. The van der Waals surface area contributed by atoms with Gasteiger partial charge in [0.15, 0.2) is 6.29 Å². The second kappa shape index (κ2) is 9.93. The van der Waals surface area contributed by atoms with Crippen molar-refractivity contribution in [3.63, 3.8) is 0 Å². The van der Waals surface area contributed by atoms with Crippen LogP contribution in [0.25, 0.3) is 0 Å². The number of aliphatic hydroxyl groups is 4. The molecule has 5 fully saturated rings. The topological polar surface area (TPSA) is 126 Å². The van der Waals surface area contributed by atoms with E-state index in [-0.39, 0.29) is 18.1 Å². The molecule has 1 heterocycles. The predicted molar refractivity (Wildman–Crippen MR) is 126 cm³/mol. The van der Waals surface area contributed by atoms with Gasteiger partial charge in [-0.1, -0.05) is 13.8 Å². The fraction of sp³-hybridized carbons (Fsp3) is 0.963. The summed E-state index contributed by atoms with van der Waals surface area (Å²) in [5, 5.41) is 39.2. The average Bonchev–Trinajstić information content (AvgIpc) is 3.16. The van der Waals surface area contributed by atoms with Gasteiger partial charge in [-0.05, 0) is 80.5 Å². The lowest BCUT2D eigenvalue weighted by Crippen LogP contribution is -2.59. The number of rotatable bonds is 6. The van der Waals surface area contributed by atoms with Crippen molar-refractivity contribution in [3.05, 3.63) is 0 Å². The van der Waals surface area contributed by atoms with Crippen molar-refractivity contribution < 1.29 is 39.4 Å². The standard InChI is InChI=1S/C27H44O8/c1-26-9-7-16(33-11-12-34-25-24(32)23(31)22(30)20(14-28)35-25)13-15(26)3-4-17-18-5-6-21(29)27(18,2)10-8-19(17)26/h15-20,22-25,28,30-32H,3-14H2,1-2H3/t15-,16-,17-,18-,19-,20+,22+,23-,24+,25+,26-,27-/m0/s1. The number of carbonyl (C=O) groups excluding carboxylic acids is 1. The minimum absolute atomic E-state index is 0.0639. The van der Waals surface area contributed by atoms with Crippen LogP contribution < -0.4 is 0 Å². The van der Waals surface area contributed by atoms with Crippen LogP contribution in [0.2, 0.25) is 0 Å².